The zero-order valence-corrected chi connectivity index (χ0v) is 18.3. The minimum atomic E-state index is -4.99. The quantitative estimate of drug-likeness (QED) is 0.269. The molecule has 0 amide bonds. The van der Waals surface area contributed by atoms with Crippen LogP contribution in [-0.2, 0) is 19.0 Å². The van der Waals surface area contributed by atoms with Crippen molar-refractivity contribution in [2.75, 3.05) is 0 Å². The van der Waals surface area contributed by atoms with Gasteiger partial charge in [-0.05, 0) is 53.6 Å². The molecule has 0 aliphatic rings. The van der Waals surface area contributed by atoms with Gasteiger partial charge in [-0.15, -0.1) is 0 Å². The molecular formula is C24H15ClF6N2O2. The first-order chi connectivity index (χ1) is 16.4. The van der Waals surface area contributed by atoms with Gasteiger partial charge in [0.05, 0.1) is 11.1 Å². The second-order valence-corrected chi connectivity index (χ2v) is 7.97. The molecule has 0 atom stereocenters. The Balaban J connectivity index is 1.67. The maximum atomic E-state index is 13.3. The minimum Gasteiger partial charge on any atom is -0.507 e. The molecule has 0 radical (unpaired) electrons. The molecule has 0 aliphatic carbocycles. The summed E-state index contributed by atoms with van der Waals surface area (Å²) in [6.07, 6.45) is -8.83. The van der Waals surface area contributed by atoms with E-state index < -0.39 is 23.5 Å². The number of hydrogen-bond acceptors (Lipinski definition) is 3. The third kappa shape index (κ3) is 5.54. The predicted molar refractivity (Wildman–Crippen MR) is 117 cm³/mol. The molecule has 1 aromatic heterocycles. The Morgan fingerprint density at radius 3 is 2.03 bits per heavy atom. The number of halogens is 7. The number of phenols is 1. The maximum Gasteiger partial charge on any atom is 0.416 e. The number of phenolic OH excluding ortho intramolecular Hbond substituents is 1. The third-order valence-corrected chi connectivity index (χ3v) is 5.33. The fraction of sp³-hybridized carbons (Fsp3) is 0.125. The first kappa shape index (κ1) is 24.5. The Bertz CT molecular complexity index is 1320. The number of nitrogens with zero attached hydrogens (tertiary/aromatic N) is 1. The largest absolute Gasteiger partial charge is 0.507 e. The molecule has 0 bridgehead atoms. The third-order valence-electron chi connectivity index (χ3n) is 5.08. The highest BCUT2D eigenvalue weighted by atomic mass is 35.5. The standard InChI is InChI=1S/C24H15ClF6N2O2/c25-17-3-1-13(2-4-17)12-35-18-5-6-19(21(34)10-18)22-20(11-32-33-22)14-7-15(23(26,27)28)9-16(8-14)24(29,30)31/h1-11,34H,12H2,(H,32,33). The van der Waals surface area contributed by atoms with E-state index in [2.05, 4.69) is 10.2 Å². The Labute approximate surface area is 199 Å². The molecule has 1 heterocycles. The number of nitrogens with one attached hydrogen (secondary N) is 1. The zero-order valence-electron chi connectivity index (χ0n) is 17.5. The van der Waals surface area contributed by atoms with Crippen LogP contribution in [0.1, 0.15) is 16.7 Å². The highest BCUT2D eigenvalue weighted by Crippen LogP contribution is 2.42. The summed E-state index contributed by atoms with van der Waals surface area (Å²) in [7, 11) is 0. The molecule has 4 nitrogen and oxygen atoms in total. The molecule has 11 heteroatoms. The molecule has 0 spiro atoms. The van der Waals surface area contributed by atoms with E-state index in [4.69, 9.17) is 16.3 Å². The molecule has 3 aromatic carbocycles. The van der Waals surface area contributed by atoms with Gasteiger partial charge in [-0.25, -0.2) is 0 Å². The monoisotopic (exact) mass is 512 g/mol. The van der Waals surface area contributed by atoms with Crippen molar-refractivity contribution < 1.29 is 36.2 Å². The van der Waals surface area contributed by atoms with Crippen LogP contribution >= 0.6 is 11.6 Å². The number of hydrogen-bond donors (Lipinski definition) is 2. The van der Waals surface area contributed by atoms with E-state index in [-0.39, 0.29) is 46.6 Å². The van der Waals surface area contributed by atoms with Crippen LogP contribution < -0.4 is 4.74 Å². The Kier molecular flexibility index (Phi) is 6.42. The second-order valence-electron chi connectivity index (χ2n) is 7.54. The first-order valence-electron chi connectivity index (χ1n) is 9.96. The van der Waals surface area contributed by atoms with Gasteiger partial charge in [-0.2, -0.15) is 31.4 Å². The van der Waals surface area contributed by atoms with Crippen molar-refractivity contribution in [3.05, 3.63) is 88.6 Å². The molecule has 0 saturated carbocycles. The Hall–Kier alpha value is -3.66. The molecule has 0 saturated heterocycles. The molecule has 0 fully saturated rings. The SMILES string of the molecule is Oc1cc(OCc2ccc(Cl)cc2)ccc1-c1n[nH]cc1-c1cc(C(F)(F)F)cc(C(F)(F)F)c1. The number of aromatic hydroxyl groups is 1. The highest BCUT2D eigenvalue weighted by molar-refractivity contribution is 6.30. The van der Waals surface area contributed by atoms with Crippen molar-refractivity contribution in [2.45, 2.75) is 19.0 Å². The van der Waals surface area contributed by atoms with E-state index >= 15 is 0 Å². The van der Waals surface area contributed by atoms with E-state index in [0.29, 0.717) is 17.2 Å². The predicted octanol–water partition coefficient (Wildman–Crippen LogP) is 7.72. The summed E-state index contributed by atoms with van der Waals surface area (Å²) in [5.41, 5.74) is -2.44. The number of H-pyrrole nitrogens is 1. The molecule has 182 valence electrons. The van der Waals surface area contributed by atoms with Crippen molar-refractivity contribution in [1.29, 1.82) is 0 Å². The van der Waals surface area contributed by atoms with Crippen molar-refractivity contribution in [3.8, 4) is 33.9 Å². The zero-order chi connectivity index (χ0) is 25.4. The fourth-order valence-corrected chi connectivity index (χ4v) is 3.50. The maximum absolute atomic E-state index is 13.3. The van der Waals surface area contributed by atoms with Crippen molar-refractivity contribution >= 4 is 11.6 Å². The van der Waals surface area contributed by atoms with Crippen LogP contribution in [-0.4, -0.2) is 15.3 Å². The molecule has 2 N–H and O–H groups in total. The topological polar surface area (TPSA) is 58.1 Å². The molecule has 4 rings (SSSR count). The number of benzene rings is 3. The summed E-state index contributed by atoms with van der Waals surface area (Å²) in [6, 6.07) is 12.3. The summed E-state index contributed by atoms with van der Waals surface area (Å²) in [4.78, 5) is 0. The van der Waals surface area contributed by atoms with E-state index in [1.807, 2.05) is 0 Å². The van der Waals surface area contributed by atoms with Gasteiger partial charge in [0, 0.05) is 28.4 Å². The van der Waals surface area contributed by atoms with Crippen LogP contribution in [0.2, 0.25) is 5.02 Å². The summed E-state index contributed by atoms with van der Waals surface area (Å²) < 4.78 is 85.3. The van der Waals surface area contributed by atoms with E-state index in [1.54, 1.807) is 24.3 Å². The summed E-state index contributed by atoms with van der Waals surface area (Å²) in [5, 5.41) is 17.5. The number of alkyl halides is 6. The normalized spacial score (nSPS) is 12.1. The van der Waals surface area contributed by atoms with Crippen LogP contribution in [0.3, 0.4) is 0 Å². The Morgan fingerprint density at radius 2 is 1.46 bits per heavy atom. The molecule has 35 heavy (non-hydrogen) atoms. The Morgan fingerprint density at radius 1 is 0.829 bits per heavy atom. The van der Waals surface area contributed by atoms with Gasteiger partial charge in [-0.1, -0.05) is 23.7 Å². The van der Waals surface area contributed by atoms with E-state index in [0.717, 1.165) is 11.8 Å². The van der Waals surface area contributed by atoms with Crippen molar-refractivity contribution in [2.24, 2.45) is 0 Å². The van der Waals surface area contributed by atoms with E-state index in [1.165, 1.54) is 18.2 Å². The number of aromatic nitrogens is 2. The lowest BCUT2D eigenvalue weighted by Gasteiger charge is -2.14. The van der Waals surface area contributed by atoms with Crippen molar-refractivity contribution in [3.63, 3.8) is 0 Å². The molecule has 0 aliphatic heterocycles. The number of ether oxygens (including phenoxy) is 1. The lowest BCUT2D eigenvalue weighted by molar-refractivity contribution is -0.143. The van der Waals surface area contributed by atoms with Crippen LogP contribution in [0.15, 0.2) is 66.9 Å². The summed E-state index contributed by atoms with van der Waals surface area (Å²) in [6.45, 7) is 0.175. The van der Waals surface area contributed by atoms with Gasteiger partial charge in [0.1, 0.15) is 23.8 Å². The summed E-state index contributed by atoms with van der Waals surface area (Å²) in [5.74, 6) is -0.0355. The van der Waals surface area contributed by atoms with Crippen LogP contribution in [0.5, 0.6) is 11.5 Å². The second kappa shape index (κ2) is 9.18. The first-order valence-corrected chi connectivity index (χ1v) is 10.3. The summed E-state index contributed by atoms with van der Waals surface area (Å²) >= 11 is 5.84. The van der Waals surface area contributed by atoms with Crippen LogP contribution in [0.25, 0.3) is 22.4 Å². The highest BCUT2D eigenvalue weighted by Gasteiger charge is 2.37. The van der Waals surface area contributed by atoms with Gasteiger partial charge in [0.15, 0.2) is 0 Å². The number of rotatable bonds is 5. The van der Waals surface area contributed by atoms with Gasteiger partial charge in [-0.3, -0.25) is 5.10 Å². The minimum absolute atomic E-state index is 0.0285. The average Bonchev–Trinajstić information content (AvgIpc) is 3.27. The molecule has 0 unspecified atom stereocenters. The molecular weight excluding hydrogens is 498 g/mol. The smallest absolute Gasteiger partial charge is 0.416 e. The van der Waals surface area contributed by atoms with Gasteiger partial charge in [0.25, 0.3) is 0 Å². The van der Waals surface area contributed by atoms with E-state index in [9.17, 15) is 31.4 Å². The lowest BCUT2D eigenvalue weighted by atomic mass is 9.97. The van der Waals surface area contributed by atoms with Gasteiger partial charge < -0.3 is 9.84 Å². The van der Waals surface area contributed by atoms with Crippen LogP contribution in [0, 0.1) is 0 Å². The van der Waals surface area contributed by atoms with Crippen LogP contribution in [0.4, 0.5) is 26.3 Å². The molecule has 4 aromatic rings. The fourth-order valence-electron chi connectivity index (χ4n) is 3.37. The lowest BCUT2D eigenvalue weighted by Crippen LogP contribution is -2.11. The van der Waals surface area contributed by atoms with Gasteiger partial charge in [0.2, 0.25) is 0 Å². The van der Waals surface area contributed by atoms with Crippen molar-refractivity contribution in [1.82, 2.24) is 10.2 Å². The number of aromatic amines is 1. The average molecular weight is 513 g/mol. The van der Waals surface area contributed by atoms with Gasteiger partial charge >= 0.3 is 12.4 Å².